The lowest BCUT2D eigenvalue weighted by atomic mass is 10.2. The van der Waals surface area contributed by atoms with Crippen molar-refractivity contribution in [1.82, 2.24) is 14.5 Å². The molecule has 1 aliphatic heterocycles. The van der Waals surface area contributed by atoms with Gasteiger partial charge in [0.15, 0.2) is 0 Å². The molecule has 0 amide bonds. The summed E-state index contributed by atoms with van der Waals surface area (Å²) < 4.78 is 2.21. The molecule has 136 valence electrons. The first-order valence-electron chi connectivity index (χ1n) is 8.07. The van der Waals surface area contributed by atoms with E-state index in [1.54, 1.807) is 24.1 Å². The van der Waals surface area contributed by atoms with E-state index < -0.39 is 0 Å². The third-order valence-corrected chi connectivity index (χ3v) is 5.63. The summed E-state index contributed by atoms with van der Waals surface area (Å²) in [5, 5.41) is 17.2. The molecule has 1 saturated heterocycles. The van der Waals surface area contributed by atoms with Gasteiger partial charge in [-0.15, -0.1) is 0 Å². The second-order valence-electron chi connectivity index (χ2n) is 5.85. The normalized spacial score (nSPS) is 18.5. The second kappa shape index (κ2) is 8.96. The Kier molecular flexibility index (Phi) is 6.65. The Morgan fingerprint density at radius 2 is 1.92 bits per heavy atom. The minimum Gasteiger partial charge on any atom is -0.357 e. The fraction of sp³-hybridized carbons (Fsp3) is 0.278. The summed E-state index contributed by atoms with van der Waals surface area (Å²) in [6.45, 7) is 2.11. The lowest BCUT2D eigenvalue weighted by Gasteiger charge is -2.42. The molecular formula is C18H19Cl2N5S. The van der Waals surface area contributed by atoms with Crippen molar-refractivity contribution in [2.45, 2.75) is 12.8 Å². The van der Waals surface area contributed by atoms with Gasteiger partial charge in [-0.3, -0.25) is 10.2 Å². The quantitative estimate of drug-likeness (QED) is 0.725. The highest BCUT2D eigenvalue weighted by molar-refractivity contribution is 7.96. The number of nitrogens with one attached hydrogen (secondary N) is 2. The molecule has 3 rings (SSSR count). The third kappa shape index (κ3) is 4.63. The van der Waals surface area contributed by atoms with Gasteiger partial charge in [-0.25, -0.2) is 4.31 Å². The smallest absolute Gasteiger partial charge is 0.137 e. The first kappa shape index (κ1) is 19.3. The maximum absolute atomic E-state index is 8.94. The van der Waals surface area contributed by atoms with Crippen LogP contribution in [0, 0.1) is 11.3 Å². The zero-order valence-electron chi connectivity index (χ0n) is 14.2. The molecule has 1 aliphatic rings. The summed E-state index contributed by atoms with van der Waals surface area (Å²) >= 11 is 14.4. The van der Waals surface area contributed by atoms with Crippen LogP contribution in [0.25, 0.3) is 0 Å². The van der Waals surface area contributed by atoms with E-state index in [0.29, 0.717) is 22.2 Å². The number of benzene rings is 2. The topological polar surface area (TPSA) is 54.3 Å². The zero-order chi connectivity index (χ0) is 18.5. The van der Waals surface area contributed by atoms with Gasteiger partial charge < -0.3 is 5.32 Å². The highest BCUT2D eigenvalue weighted by Crippen LogP contribution is 2.27. The molecule has 8 heteroatoms. The van der Waals surface area contributed by atoms with Gasteiger partial charge in [0.2, 0.25) is 0 Å². The summed E-state index contributed by atoms with van der Waals surface area (Å²) in [5.74, 6) is 0. The summed E-state index contributed by atoms with van der Waals surface area (Å²) in [5.41, 5.74) is 2.49. The van der Waals surface area contributed by atoms with Crippen LogP contribution in [0.1, 0.15) is 11.1 Å². The highest BCUT2D eigenvalue weighted by Gasteiger charge is 2.27. The Morgan fingerprint density at radius 1 is 1.23 bits per heavy atom. The van der Waals surface area contributed by atoms with E-state index in [9.17, 15) is 0 Å². The van der Waals surface area contributed by atoms with E-state index in [2.05, 4.69) is 32.2 Å². The van der Waals surface area contributed by atoms with Crippen LogP contribution in [0.15, 0.2) is 42.5 Å². The van der Waals surface area contributed by atoms with Crippen molar-refractivity contribution in [2.24, 2.45) is 0 Å². The summed E-state index contributed by atoms with van der Waals surface area (Å²) in [6.07, 6.45) is 1.97. The lowest BCUT2D eigenvalue weighted by molar-refractivity contribution is 0.0744. The molecule has 1 atom stereocenters. The van der Waals surface area contributed by atoms with Crippen LogP contribution < -0.4 is 10.6 Å². The predicted octanol–water partition coefficient (Wildman–Crippen LogP) is 4.16. The molecular weight excluding hydrogens is 389 g/mol. The van der Waals surface area contributed by atoms with E-state index >= 15 is 0 Å². The van der Waals surface area contributed by atoms with Gasteiger partial charge in [0.05, 0.1) is 25.0 Å². The maximum Gasteiger partial charge on any atom is 0.137 e. The zero-order valence-corrected chi connectivity index (χ0v) is 16.6. The van der Waals surface area contributed by atoms with Crippen molar-refractivity contribution < 1.29 is 0 Å². The van der Waals surface area contributed by atoms with Crippen LogP contribution in [0.3, 0.4) is 0 Å². The van der Waals surface area contributed by atoms with Crippen molar-refractivity contribution in [3.8, 4) is 6.07 Å². The van der Waals surface area contributed by atoms with Crippen LogP contribution in [0.4, 0.5) is 5.69 Å². The molecule has 26 heavy (non-hydrogen) atoms. The number of hydrogen-bond donors (Lipinski definition) is 2. The number of rotatable bonds is 5. The molecule has 1 fully saturated rings. The van der Waals surface area contributed by atoms with E-state index in [1.165, 1.54) is 0 Å². The first-order valence-corrected chi connectivity index (χ1v) is 10.0. The van der Waals surface area contributed by atoms with E-state index in [1.807, 2.05) is 30.3 Å². The van der Waals surface area contributed by atoms with Gasteiger partial charge >= 0.3 is 0 Å². The highest BCUT2D eigenvalue weighted by atomic mass is 35.5. The largest absolute Gasteiger partial charge is 0.357 e. The molecule has 2 N–H and O–H groups in total. The second-order valence-corrected chi connectivity index (χ2v) is 7.55. The summed E-state index contributed by atoms with van der Waals surface area (Å²) in [6, 6.07) is 15.1. The fourth-order valence-corrected chi connectivity index (χ4v) is 3.73. The third-order valence-electron chi connectivity index (χ3n) is 4.16. The van der Waals surface area contributed by atoms with Crippen molar-refractivity contribution in [2.75, 3.05) is 24.9 Å². The number of hydrogen-bond acceptors (Lipinski definition) is 6. The van der Waals surface area contributed by atoms with Crippen LogP contribution >= 0.6 is 35.1 Å². The van der Waals surface area contributed by atoms with Crippen LogP contribution in [0.2, 0.25) is 10.0 Å². The number of anilines is 1. The summed E-state index contributed by atoms with van der Waals surface area (Å²) in [7, 11) is 0. The molecule has 2 aromatic carbocycles. The maximum atomic E-state index is 8.94. The Labute approximate surface area is 168 Å². The molecule has 0 aromatic heterocycles. The van der Waals surface area contributed by atoms with Gasteiger partial charge in [-0.1, -0.05) is 41.2 Å². The first-order chi connectivity index (χ1) is 12.6. The Hall–Kier alpha value is -1.46. The van der Waals surface area contributed by atoms with Gasteiger partial charge in [-0.2, -0.15) is 5.26 Å². The summed E-state index contributed by atoms with van der Waals surface area (Å²) in [4.78, 5) is 2.23. The monoisotopic (exact) mass is 407 g/mol. The van der Waals surface area contributed by atoms with Crippen molar-refractivity contribution >= 4 is 40.8 Å². The van der Waals surface area contributed by atoms with Gasteiger partial charge in [0.25, 0.3) is 0 Å². The van der Waals surface area contributed by atoms with Crippen molar-refractivity contribution in [1.29, 1.82) is 5.26 Å². The van der Waals surface area contributed by atoms with Crippen LogP contribution in [0.5, 0.6) is 0 Å². The predicted molar refractivity (Wildman–Crippen MR) is 109 cm³/mol. The molecule has 2 aromatic rings. The van der Waals surface area contributed by atoms with Crippen molar-refractivity contribution in [3.63, 3.8) is 0 Å². The number of nitriles is 1. The lowest BCUT2D eigenvalue weighted by Crippen LogP contribution is -2.60. The molecule has 0 saturated carbocycles. The minimum atomic E-state index is -0.0846. The van der Waals surface area contributed by atoms with Gasteiger partial charge in [0, 0.05) is 27.8 Å². The average molecular weight is 408 g/mol. The number of halogens is 2. The Bertz CT molecular complexity index is 773. The van der Waals surface area contributed by atoms with Crippen LogP contribution in [-0.2, 0) is 6.54 Å². The van der Waals surface area contributed by atoms with Crippen LogP contribution in [-0.4, -0.2) is 35.1 Å². The van der Waals surface area contributed by atoms with Crippen molar-refractivity contribution in [3.05, 3.63) is 63.6 Å². The Morgan fingerprint density at radius 3 is 2.54 bits per heavy atom. The average Bonchev–Trinajstić information content (AvgIpc) is 2.66. The molecule has 1 unspecified atom stereocenters. The van der Waals surface area contributed by atoms with E-state index in [0.717, 1.165) is 24.6 Å². The molecule has 0 radical (unpaired) electrons. The molecule has 0 spiro atoms. The SMILES string of the molecule is CSN1CNC(Nc2ccc(C#N)cc2)N(Cc2c(Cl)cccc2Cl)C1. The van der Waals surface area contributed by atoms with E-state index in [4.69, 9.17) is 28.5 Å². The van der Waals surface area contributed by atoms with E-state index in [-0.39, 0.29) is 6.29 Å². The Balaban J connectivity index is 1.78. The molecule has 0 bridgehead atoms. The fourth-order valence-electron chi connectivity index (χ4n) is 2.74. The minimum absolute atomic E-state index is 0.0846. The molecule has 1 heterocycles. The van der Waals surface area contributed by atoms with Gasteiger partial charge in [0.1, 0.15) is 6.29 Å². The molecule has 0 aliphatic carbocycles. The van der Waals surface area contributed by atoms with Gasteiger partial charge in [-0.05, 0) is 42.7 Å². The standard InChI is InChI=1S/C18H19Cl2N5S/c1-26-25-11-22-18(23-14-7-5-13(9-21)6-8-14)24(12-25)10-15-16(19)3-2-4-17(15)20/h2-8,18,22-23H,10-12H2,1H3. The number of nitrogens with zero attached hydrogens (tertiary/aromatic N) is 3. The molecule has 5 nitrogen and oxygen atoms in total.